The average molecular weight is 250 g/mol. The van der Waals surface area contributed by atoms with Crippen LogP contribution in [0.2, 0.25) is 0 Å². The van der Waals surface area contributed by atoms with Gasteiger partial charge in [0.15, 0.2) is 0 Å². The molecule has 0 aromatic rings. The van der Waals surface area contributed by atoms with Crippen molar-refractivity contribution in [3.8, 4) is 0 Å². The van der Waals surface area contributed by atoms with E-state index in [1.165, 1.54) is 5.57 Å². The molecule has 0 aromatic carbocycles. The molecule has 3 nitrogen and oxygen atoms in total. The second-order valence-electron chi connectivity index (χ2n) is 6.57. The number of esters is 1. The molecule has 1 heterocycles. The van der Waals surface area contributed by atoms with Gasteiger partial charge in [0.25, 0.3) is 0 Å². The van der Waals surface area contributed by atoms with Crippen LogP contribution in [0.5, 0.6) is 0 Å². The molecule has 0 radical (unpaired) electrons. The van der Waals surface area contributed by atoms with Gasteiger partial charge in [-0.15, -0.1) is 0 Å². The van der Waals surface area contributed by atoms with E-state index in [1.54, 1.807) is 0 Å². The Bertz CT molecular complexity index is 410. The fourth-order valence-electron chi connectivity index (χ4n) is 4.23. The van der Waals surface area contributed by atoms with Crippen molar-refractivity contribution >= 4 is 5.97 Å². The van der Waals surface area contributed by atoms with Crippen LogP contribution in [-0.2, 0) is 9.53 Å². The molecule has 2 aliphatic carbocycles. The van der Waals surface area contributed by atoms with E-state index in [-0.39, 0.29) is 35.7 Å². The summed E-state index contributed by atoms with van der Waals surface area (Å²) < 4.78 is 5.64. The van der Waals surface area contributed by atoms with Gasteiger partial charge in [-0.25, -0.2) is 0 Å². The molecule has 2 fully saturated rings. The van der Waals surface area contributed by atoms with Crippen LogP contribution in [0, 0.1) is 23.7 Å². The lowest BCUT2D eigenvalue weighted by molar-refractivity contribution is -0.146. The molecule has 0 aromatic heterocycles. The molecule has 3 aliphatic rings. The molecule has 1 N–H and O–H groups in total. The summed E-state index contributed by atoms with van der Waals surface area (Å²) in [7, 11) is 0. The minimum atomic E-state index is -0.630. The highest BCUT2D eigenvalue weighted by molar-refractivity contribution is 5.75. The van der Waals surface area contributed by atoms with Crippen molar-refractivity contribution in [3.05, 3.63) is 11.6 Å². The van der Waals surface area contributed by atoms with Crippen molar-refractivity contribution in [1.29, 1.82) is 0 Å². The Morgan fingerprint density at radius 1 is 1.50 bits per heavy atom. The molecule has 0 spiro atoms. The predicted molar refractivity (Wildman–Crippen MR) is 67.7 cm³/mol. The van der Waals surface area contributed by atoms with Crippen LogP contribution >= 0.6 is 0 Å². The first-order valence-corrected chi connectivity index (χ1v) is 7.01. The molecule has 100 valence electrons. The molecule has 6 atom stereocenters. The van der Waals surface area contributed by atoms with E-state index in [9.17, 15) is 9.90 Å². The first kappa shape index (κ1) is 12.2. The van der Waals surface area contributed by atoms with Gasteiger partial charge in [-0.2, -0.15) is 0 Å². The fraction of sp³-hybridized carbons (Fsp3) is 0.800. The molecule has 18 heavy (non-hydrogen) atoms. The number of aliphatic hydroxyl groups is 1. The molecular formula is C15H22O3. The van der Waals surface area contributed by atoms with Crippen molar-refractivity contribution in [3.63, 3.8) is 0 Å². The number of ether oxygens (including phenoxy) is 1. The van der Waals surface area contributed by atoms with E-state index >= 15 is 0 Å². The fourth-order valence-corrected chi connectivity index (χ4v) is 4.23. The average Bonchev–Trinajstić information content (AvgIpc) is 2.76. The van der Waals surface area contributed by atoms with Crippen LogP contribution in [0.15, 0.2) is 11.6 Å². The lowest BCUT2D eigenvalue weighted by atomic mass is 9.76. The van der Waals surface area contributed by atoms with Gasteiger partial charge in [-0.05, 0) is 33.1 Å². The van der Waals surface area contributed by atoms with Crippen LogP contribution in [0.1, 0.15) is 40.0 Å². The zero-order chi connectivity index (χ0) is 13.1. The number of fused-ring (bicyclic) bond motifs is 3. The number of carbonyl (C=O) groups is 1. The molecule has 0 bridgehead atoms. The number of hydrogen-bond donors (Lipinski definition) is 1. The highest BCUT2D eigenvalue weighted by Crippen LogP contribution is 2.52. The lowest BCUT2D eigenvalue weighted by Gasteiger charge is -2.34. The van der Waals surface area contributed by atoms with Gasteiger partial charge >= 0.3 is 5.97 Å². The van der Waals surface area contributed by atoms with Gasteiger partial charge < -0.3 is 9.84 Å². The van der Waals surface area contributed by atoms with Crippen LogP contribution in [-0.4, -0.2) is 22.8 Å². The second kappa shape index (κ2) is 3.83. The van der Waals surface area contributed by atoms with Gasteiger partial charge in [0.05, 0.1) is 11.5 Å². The Kier molecular flexibility index (Phi) is 2.60. The molecule has 3 heteroatoms. The predicted octanol–water partition coefficient (Wildman–Crippen LogP) is 2.29. The maximum absolute atomic E-state index is 11.8. The van der Waals surface area contributed by atoms with Crippen molar-refractivity contribution in [1.82, 2.24) is 0 Å². The summed E-state index contributed by atoms with van der Waals surface area (Å²) in [5.41, 5.74) is 0.661. The van der Waals surface area contributed by atoms with Gasteiger partial charge in [0.1, 0.15) is 6.10 Å². The number of carbonyl (C=O) groups excluding carboxylic acids is 1. The highest BCUT2D eigenvalue weighted by Gasteiger charge is 2.55. The van der Waals surface area contributed by atoms with Gasteiger partial charge in [0, 0.05) is 17.8 Å². The summed E-state index contributed by atoms with van der Waals surface area (Å²) in [4.78, 5) is 11.8. The first-order chi connectivity index (χ1) is 8.42. The SMILES string of the molecule is CC1=CC[C@H]2[C@@H]1[C@H]1OC(=O)[C@@H](C)[C@@H]1CC[C@]2(C)O. The third-order valence-corrected chi connectivity index (χ3v) is 5.48. The van der Waals surface area contributed by atoms with Crippen LogP contribution in [0.25, 0.3) is 0 Å². The smallest absolute Gasteiger partial charge is 0.309 e. The zero-order valence-corrected chi connectivity index (χ0v) is 11.3. The van der Waals surface area contributed by atoms with Gasteiger partial charge in [-0.1, -0.05) is 18.6 Å². The minimum absolute atomic E-state index is 0.00905. The Labute approximate surface area is 108 Å². The summed E-state index contributed by atoms with van der Waals surface area (Å²) in [5.74, 6) is 0.648. The van der Waals surface area contributed by atoms with E-state index in [0.717, 1.165) is 19.3 Å². The summed E-state index contributed by atoms with van der Waals surface area (Å²) in [6, 6.07) is 0. The Hall–Kier alpha value is -0.830. The molecule has 1 saturated carbocycles. The number of allylic oxidation sites excluding steroid dienone is 1. The van der Waals surface area contributed by atoms with Crippen molar-refractivity contribution in [2.75, 3.05) is 0 Å². The zero-order valence-electron chi connectivity index (χ0n) is 11.3. The normalized spacial score (nSPS) is 51.2. The van der Waals surface area contributed by atoms with E-state index in [2.05, 4.69) is 13.0 Å². The molecular weight excluding hydrogens is 228 g/mol. The van der Waals surface area contributed by atoms with Gasteiger partial charge in [-0.3, -0.25) is 4.79 Å². The molecule has 1 saturated heterocycles. The minimum Gasteiger partial charge on any atom is -0.461 e. The quantitative estimate of drug-likeness (QED) is 0.530. The Morgan fingerprint density at radius 2 is 2.22 bits per heavy atom. The van der Waals surface area contributed by atoms with Crippen molar-refractivity contribution in [2.24, 2.45) is 23.7 Å². The van der Waals surface area contributed by atoms with E-state index in [4.69, 9.17) is 4.74 Å². The Balaban J connectivity index is 1.99. The summed E-state index contributed by atoms with van der Waals surface area (Å²) in [6.45, 7) is 6.03. The Morgan fingerprint density at radius 3 is 2.94 bits per heavy atom. The van der Waals surface area contributed by atoms with Gasteiger partial charge in [0.2, 0.25) is 0 Å². The third-order valence-electron chi connectivity index (χ3n) is 5.48. The maximum Gasteiger partial charge on any atom is 0.309 e. The second-order valence-corrected chi connectivity index (χ2v) is 6.57. The highest BCUT2D eigenvalue weighted by atomic mass is 16.6. The summed E-state index contributed by atoms with van der Waals surface area (Å²) in [6.07, 6.45) is 4.79. The summed E-state index contributed by atoms with van der Waals surface area (Å²) >= 11 is 0. The van der Waals surface area contributed by atoms with E-state index < -0.39 is 5.60 Å². The van der Waals surface area contributed by atoms with Crippen LogP contribution in [0.3, 0.4) is 0 Å². The molecule has 0 unspecified atom stereocenters. The third kappa shape index (κ3) is 1.56. The van der Waals surface area contributed by atoms with E-state index in [1.807, 2.05) is 13.8 Å². The van der Waals surface area contributed by atoms with Crippen molar-refractivity contribution < 1.29 is 14.6 Å². The number of rotatable bonds is 0. The largest absolute Gasteiger partial charge is 0.461 e. The summed E-state index contributed by atoms with van der Waals surface area (Å²) in [5, 5.41) is 10.7. The standard InChI is InChI=1S/C15H22O3/c1-8-4-5-11-12(8)13-10(6-7-15(11,3)17)9(2)14(16)18-13/h4,9-13,17H,5-7H2,1-3H3/t9-,10-,11-,12+,13-,15-/m0/s1. The first-order valence-electron chi connectivity index (χ1n) is 7.01. The maximum atomic E-state index is 11.8. The molecule has 3 rings (SSSR count). The van der Waals surface area contributed by atoms with Crippen LogP contribution in [0.4, 0.5) is 0 Å². The monoisotopic (exact) mass is 250 g/mol. The molecule has 0 amide bonds. The van der Waals surface area contributed by atoms with E-state index in [0.29, 0.717) is 0 Å². The van der Waals surface area contributed by atoms with Crippen molar-refractivity contribution in [2.45, 2.75) is 51.7 Å². The van der Waals surface area contributed by atoms with Crippen LogP contribution < -0.4 is 0 Å². The molecule has 1 aliphatic heterocycles. The number of hydrogen-bond acceptors (Lipinski definition) is 3. The lowest BCUT2D eigenvalue weighted by Crippen LogP contribution is -2.39. The topological polar surface area (TPSA) is 46.5 Å².